The van der Waals surface area contributed by atoms with Gasteiger partial charge in [0.15, 0.2) is 0 Å². The quantitative estimate of drug-likeness (QED) is 0.837. The van der Waals surface area contributed by atoms with Crippen LogP contribution in [0, 0.1) is 18.3 Å². The van der Waals surface area contributed by atoms with Gasteiger partial charge in [0.25, 0.3) is 0 Å². The first-order chi connectivity index (χ1) is 12.2. The number of rotatable bonds is 6. The maximum Gasteiger partial charge on any atom is 0.245 e. The maximum absolute atomic E-state index is 12.4. The number of nitriles is 1. The Bertz CT molecular complexity index is 965. The van der Waals surface area contributed by atoms with Crippen molar-refractivity contribution in [3.05, 3.63) is 53.6 Å². The van der Waals surface area contributed by atoms with Crippen LogP contribution >= 0.6 is 0 Å². The molecule has 136 valence electrons. The van der Waals surface area contributed by atoms with Crippen LogP contribution in [0.25, 0.3) is 0 Å². The summed E-state index contributed by atoms with van der Waals surface area (Å²) in [6, 6.07) is 13.3. The Morgan fingerprint density at radius 1 is 1.27 bits per heavy atom. The minimum absolute atomic E-state index is 0.248. The summed E-state index contributed by atoms with van der Waals surface area (Å²) >= 11 is 0. The fraction of sp³-hybridized carbons (Fsp3) is 0.222. The molecule has 1 amide bonds. The van der Waals surface area contributed by atoms with E-state index in [2.05, 4.69) is 5.32 Å². The summed E-state index contributed by atoms with van der Waals surface area (Å²) in [5, 5.41) is 11.7. The van der Waals surface area contributed by atoms with Gasteiger partial charge in [0, 0.05) is 0 Å². The van der Waals surface area contributed by atoms with Crippen molar-refractivity contribution in [3.63, 3.8) is 0 Å². The van der Waals surface area contributed by atoms with Crippen molar-refractivity contribution in [1.82, 2.24) is 0 Å². The van der Waals surface area contributed by atoms with Crippen LogP contribution in [-0.4, -0.2) is 34.2 Å². The summed E-state index contributed by atoms with van der Waals surface area (Å²) in [5.74, 6) is -0.0528. The molecule has 0 radical (unpaired) electrons. The predicted octanol–water partition coefficient (Wildman–Crippen LogP) is 2.28. The lowest BCUT2D eigenvalue weighted by Gasteiger charge is -2.22. The smallest absolute Gasteiger partial charge is 0.245 e. The number of anilines is 2. The number of amides is 1. The van der Waals surface area contributed by atoms with Crippen LogP contribution in [0.15, 0.2) is 42.5 Å². The SMILES string of the molecule is COc1ccc(C)cc1NC(=O)CN(c1cccc(C#N)c1)S(C)(=O)=O. The molecule has 2 aromatic carbocycles. The number of hydrogen-bond donors (Lipinski definition) is 1. The Balaban J connectivity index is 2.28. The second kappa shape index (κ2) is 7.89. The molecule has 0 atom stereocenters. The fourth-order valence-corrected chi connectivity index (χ4v) is 3.22. The number of carbonyl (C=O) groups is 1. The molecule has 2 aromatic rings. The third-order valence-electron chi connectivity index (χ3n) is 3.58. The molecule has 0 aliphatic carbocycles. The molecule has 0 spiro atoms. The van der Waals surface area contributed by atoms with Crippen molar-refractivity contribution in [2.75, 3.05) is 29.5 Å². The summed E-state index contributed by atoms with van der Waals surface area (Å²) in [6.07, 6.45) is 1.01. The van der Waals surface area contributed by atoms with Gasteiger partial charge in [-0.2, -0.15) is 5.26 Å². The molecule has 2 rings (SSSR count). The minimum Gasteiger partial charge on any atom is -0.495 e. The number of ether oxygens (including phenoxy) is 1. The van der Waals surface area contributed by atoms with E-state index in [0.29, 0.717) is 17.0 Å². The molecule has 0 saturated carbocycles. The number of carbonyl (C=O) groups excluding carboxylic acids is 1. The summed E-state index contributed by atoms with van der Waals surface area (Å²) in [5.41, 5.74) is 1.93. The van der Waals surface area contributed by atoms with E-state index >= 15 is 0 Å². The lowest BCUT2D eigenvalue weighted by atomic mass is 10.2. The zero-order valence-electron chi connectivity index (χ0n) is 14.7. The maximum atomic E-state index is 12.4. The first kappa shape index (κ1) is 19.3. The predicted molar refractivity (Wildman–Crippen MR) is 99.7 cm³/mol. The number of aryl methyl sites for hydroxylation is 1. The van der Waals surface area contributed by atoms with E-state index in [-0.39, 0.29) is 5.69 Å². The van der Waals surface area contributed by atoms with E-state index in [1.807, 2.05) is 19.1 Å². The van der Waals surface area contributed by atoms with Gasteiger partial charge >= 0.3 is 0 Å². The molecule has 0 aromatic heterocycles. The Kier molecular flexibility index (Phi) is 5.85. The number of hydrogen-bond acceptors (Lipinski definition) is 5. The molecule has 8 heteroatoms. The van der Waals surface area contributed by atoms with Gasteiger partial charge in [0.05, 0.1) is 36.4 Å². The number of sulfonamides is 1. The van der Waals surface area contributed by atoms with E-state index in [1.165, 1.54) is 19.2 Å². The van der Waals surface area contributed by atoms with Crippen molar-refractivity contribution < 1.29 is 17.9 Å². The van der Waals surface area contributed by atoms with Gasteiger partial charge in [-0.1, -0.05) is 12.1 Å². The van der Waals surface area contributed by atoms with Gasteiger partial charge in [-0.15, -0.1) is 0 Å². The molecule has 0 aliphatic heterocycles. The summed E-state index contributed by atoms with van der Waals surface area (Å²) in [7, 11) is -2.24. The zero-order valence-corrected chi connectivity index (χ0v) is 15.5. The Labute approximate surface area is 152 Å². The van der Waals surface area contributed by atoms with Crippen LogP contribution in [0.4, 0.5) is 11.4 Å². The zero-order chi connectivity index (χ0) is 19.3. The van der Waals surface area contributed by atoms with Gasteiger partial charge in [-0.25, -0.2) is 8.42 Å². The first-order valence-corrected chi connectivity index (χ1v) is 9.52. The van der Waals surface area contributed by atoms with Gasteiger partial charge in [-0.3, -0.25) is 9.10 Å². The van der Waals surface area contributed by atoms with Crippen LogP contribution in [0.1, 0.15) is 11.1 Å². The van der Waals surface area contributed by atoms with E-state index < -0.39 is 22.5 Å². The largest absolute Gasteiger partial charge is 0.495 e. The average Bonchev–Trinajstić information content (AvgIpc) is 2.59. The molecule has 0 bridgehead atoms. The minimum atomic E-state index is -3.72. The van der Waals surface area contributed by atoms with Crippen molar-refractivity contribution in [2.24, 2.45) is 0 Å². The number of nitrogens with one attached hydrogen (secondary N) is 1. The number of methoxy groups -OCH3 is 1. The highest BCUT2D eigenvalue weighted by Crippen LogP contribution is 2.25. The third-order valence-corrected chi connectivity index (χ3v) is 4.72. The van der Waals surface area contributed by atoms with E-state index in [4.69, 9.17) is 10.00 Å². The van der Waals surface area contributed by atoms with E-state index in [1.54, 1.807) is 24.3 Å². The van der Waals surface area contributed by atoms with Gasteiger partial charge in [0.1, 0.15) is 12.3 Å². The molecule has 1 N–H and O–H groups in total. The molecule has 0 fully saturated rings. The van der Waals surface area contributed by atoms with Crippen molar-refractivity contribution in [2.45, 2.75) is 6.92 Å². The average molecular weight is 373 g/mol. The van der Waals surface area contributed by atoms with Crippen molar-refractivity contribution in [1.29, 1.82) is 5.26 Å². The molecule has 0 aliphatic rings. The van der Waals surface area contributed by atoms with E-state index in [9.17, 15) is 13.2 Å². The van der Waals surface area contributed by atoms with Crippen LogP contribution < -0.4 is 14.4 Å². The fourth-order valence-electron chi connectivity index (χ4n) is 2.37. The molecule has 26 heavy (non-hydrogen) atoms. The molecule has 0 unspecified atom stereocenters. The van der Waals surface area contributed by atoms with Gasteiger partial charge in [-0.05, 0) is 42.8 Å². The second-order valence-corrected chi connectivity index (χ2v) is 7.59. The third kappa shape index (κ3) is 4.74. The van der Waals surface area contributed by atoms with Gasteiger partial charge in [0.2, 0.25) is 15.9 Å². The Morgan fingerprint density at radius 3 is 2.62 bits per heavy atom. The topological polar surface area (TPSA) is 99.5 Å². The lowest BCUT2D eigenvalue weighted by molar-refractivity contribution is -0.114. The lowest BCUT2D eigenvalue weighted by Crippen LogP contribution is -2.37. The van der Waals surface area contributed by atoms with Crippen LogP contribution in [0.5, 0.6) is 5.75 Å². The number of benzene rings is 2. The second-order valence-electron chi connectivity index (χ2n) is 5.68. The van der Waals surface area contributed by atoms with Crippen LogP contribution in [0.3, 0.4) is 0 Å². The molecule has 0 heterocycles. The van der Waals surface area contributed by atoms with Gasteiger partial charge < -0.3 is 10.1 Å². The van der Waals surface area contributed by atoms with Crippen LogP contribution in [-0.2, 0) is 14.8 Å². The van der Waals surface area contributed by atoms with E-state index in [0.717, 1.165) is 16.1 Å². The monoisotopic (exact) mass is 373 g/mol. The highest BCUT2D eigenvalue weighted by Gasteiger charge is 2.21. The van der Waals surface area contributed by atoms with Crippen molar-refractivity contribution in [3.8, 4) is 11.8 Å². The molecule has 0 saturated heterocycles. The normalized spacial score (nSPS) is 10.7. The number of nitrogens with zero attached hydrogens (tertiary/aromatic N) is 2. The highest BCUT2D eigenvalue weighted by molar-refractivity contribution is 7.92. The molecule has 7 nitrogen and oxygen atoms in total. The molecular formula is C18H19N3O4S. The van der Waals surface area contributed by atoms with Crippen LogP contribution in [0.2, 0.25) is 0 Å². The standard InChI is InChI=1S/C18H19N3O4S/c1-13-7-8-17(25-2)16(9-13)20-18(22)12-21(26(3,23)24)15-6-4-5-14(10-15)11-19/h4-10H,12H2,1-3H3,(H,20,22). The summed E-state index contributed by atoms with van der Waals surface area (Å²) in [4.78, 5) is 12.4. The molecular weight excluding hydrogens is 354 g/mol. The summed E-state index contributed by atoms with van der Waals surface area (Å²) < 4.78 is 30.4. The first-order valence-electron chi connectivity index (χ1n) is 7.67. The van der Waals surface area contributed by atoms with Crippen molar-refractivity contribution >= 4 is 27.3 Å². The highest BCUT2D eigenvalue weighted by atomic mass is 32.2. The Morgan fingerprint density at radius 2 is 2.00 bits per heavy atom. The Hall–Kier alpha value is -3.05. The summed E-state index contributed by atoms with van der Waals surface area (Å²) in [6.45, 7) is 1.44.